The molecule has 6 nitrogen and oxygen atoms in total. The van der Waals surface area contributed by atoms with Crippen LogP contribution in [0.1, 0.15) is 29.3 Å². The van der Waals surface area contributed by atoms with Crippen LogP contribution in [0.5, 0.6) is 0 Å². The Balaban J connectivity index is 1.78. The van der Waals surface area contributed by atoms with E-state index >= 15 is 0 Å². The van der Waals surface area contributed by atoms with E-state index in [2.05, 4.69) is 4.99 Å². The van der Waals surface area contributed by atoms with Gasteiger partial charge in [-0.25, -0.2) is 0 Å². The SMILES string of the molecule is CN=C1CCN(C(C)=O)CC1=C(N)Cc1ccc(-c2ccc(C(N)=O)cc2)cc1. The van der Waals surface area contributed by atoms with Gasteiger partial charge >= 0.3 is 0 Å². The lowest BCUT2D eigenvalue weighted by molar-refractivity contribution is -0.128. The standard InChI is InChI=1S/C23H26N4O2/c1-15(28)27-12-11-22(26-2)20(14-27)21(24)13-16-3-5-17(6-4-16)18-7-9-19(10-8-18)23(25)29/h3-10H,11-14,24H2,1-2H3,(H2,25,29). The third-order valence-electron chi connectivity index (χ3n) is 5.27. The zero-order valence-corrected chi connectivity index (χ0v) is 16.8. The second-order valence-corrected chi connectivity index (χ2v) is 7.18. The highest BCUT2D eigenvalue weighted by atomic mass is 16.2. The number of aliphatic imine (C=N–C) groups is 1. The molecule has 2 aromatic carbocycles. The maximum atomic E-state index is 11.7. The van der Waals surface area contributed by atoms with Crippen LogP contribution in [0.2, 0.25) is 0 Å². The number of carbonyl (C=O) groups excluding carboxylic acids is 2. The molecule has 3 rings (SSSR count). The molecule has 0 aromatic heterocycles. The molecule has 0 unspecified atom stereocenters. The average molecular weight is 390 g/mol. The highest BCUT2D eigenvalue weighted by molar-refractivity contribution is 6.02. The van der Waals surface area contributed by atoms with Crippen LogP contribution in [0, 0.1) is 0 Å². The van der Waals surface area contributed by atoms with Crippen molar-refractivity contribution in [3.8, 4) is 11.1 Å². The number of rotatable bonds is 4. The van der Waals surface area contributed by atoms with Gasteiger partial charge in [0.05, 0.1) is 0 Å². The highest BCUT2D eigenvalue weighted by Gasteiger charge is 2.23. The molecule has 0 atom stereocenters. The van der Waals surface area contributed by atoms with E-state index < -0.39 is 5.91 Å². The van der Waals surface area contributed by atoms with Crippen LogP contribution < -0.4 is 11.5 Å². The summed E-state index contributed by atoms with van der Waals surface area (Å²) >= 11 is 0. The summed E-state index contributed by atoms with van der Waals surface area (Å²) in [6, 6.07) is 15.4. The van der Waals surface area contributed by atoms with E-state index in [4.69, 9.17) is 11.5 Å². The number of allylic oxidation sites excluding steroid dienone is 1. The number of piperidine rings is 1. The molecular formula is C23H26N4O2. The third-order valence-corrected chi connectivity index (χ3v) is 5.27. The minimum atomic E-state index is -0.434. The number of benzene rings is 2. The Bertz CT molecular complexity index is 973. The lowest BCUT2D eigenvalue weighted by atomic mass is 9.96. The van der Waals surface area contributed by atoms with Crippen LogP contribution in [-0.2, 0) is 11.2 Å². The number of nitrogens with two attached hydrogens (primary N) is 2. The molecule has 29 heavy (non-hydrogen) atoms. The van der Waals surface area contributed by atoms with Crippen molar-refractivity contribution >= 4 is 17.5 Å². The molecule has 6 heteroatoms. The largest absolute Gasteiger partial charge is 0.401 e. The molecule has 1 fully saturated rings. The second kappa shape index (κ2) is 8.73. The maximum absolute atomic E-state index is 11.7. The first-order valence-electron chi connectivity index (χ1n) is 9.57. The quantitative estimate of drug-likeness (QED) is 0.838. The molecule has 150 valence electrons. The van der Waals surface area contributed by atoms with Crippen LogP contribution in [-0.4, -0.2) is 42.6 Å². The van der Waals surface area contributed by atoms with E-state index in [-0.39, 0.29) is 5.91 Å². The van der Waals surface area contributed by atoms with Crippen molar-refractivity contribution in [2.75, 3.05) is 20.1 Å². The van der Waals surface area contributed by atoms with Gasteiger partial charge in [0.25, 0.3) is 0 Å². The van der Waals surface area contributed by atoms with Gasteiger partial charge in [-0.05, 0) is 28.8 Å². The van der Waals surface area contributed by atoms with Crippen molar-refractivity contribution in [3.05, 3.63) is 70.9 Å². The normalized spacial score (nSPS) is 17.3. The van der Waals surface area contributed by atoms with Gasteiger partial charge in [0.15, 0.2) is 0 Å². The summed E-state index contributed by atoms with van der Waals surface area (Å²) in [6.07, 6.45) is 1.33. The number of nitrogens with zero attached hydrogens (tertiary/aromatic N) is 2. The first-order valence-corrected chi connectivity index (χ1v) is 9.57. The molecular weight excluding hydrogens is 364 g/mol. The van der Waals surface area contributed by atoms with E-state index in [1.165, 1.54) is 0 Å². The molecule has 2 aromatic rings. The zero-order valence-electron chi connectivity index (χ0n) is 16.8. The lowest BCUT2D eigenvalue weighted by Crippen LogP contribution is -2.40. The number of carbonyl (C=O) groups is 2. The molecule has 1 heterocycles. The van der Waals surface area contributed by atoms with Gasteiger partial charge < -0.3 is 16.4 Å². The summed E-state index contributed by atoms with van der Waals surface area (Å²) in [5.41, 5.74) is 18.0. The van der Waals surface area contributed by atoms with Crippen LogP contribution in [0.25, 0.3) is 11.1 Å². The van der Waals surface area contributed by atoms with Gasteiger partial charge in [-0.2, -0.15) is 0 Å². The Hall–Kier alpha value is -3.41. The van der Waals surface area contributed by atoms with Gasteiger partial charge in [-0.15, -0.1) is 0 Å². The van der Waals surface area contributed by atoms with Crippen LogP contribution in [0.4, 0.5) is 0 Å². The van der Waals surface area contributed by atoms with Crippen molar-refractivity contribution in [3.63, 3.8) is 0 Å². The summed E-state index contributed by atoms with van der Waals surface area (Å²) in [5.74, 6) is -0.381. The summed E-state index contributed by atoms with van der Waals surface area (Å²) in [6.45, 7) is 2.77. The molecule has 0 spiro atoms. The maximum Gasteiger partial charge on any atom is 0.248 e. The number of primary amides is 1. The number of amides is 2. The highest BCUT2D eigenvalue weighted by Crippen LogP contribution is 2.22. The minimum absolute atomic E-state index is 0.0529. The Kier molecular flexibility index (Phi) is 6.12. The van der Waals surface area contributed by atoms with E-state index in [1.807, 2.05) is 36.4 Å². The minimum Gasteiger partial charge on any atom is -0.401 e. The van der Waals surface area contributed by atoms with Crippen molar-refractivity contribution in [2.45, 2.75) is 19.8 Å². The Labute approximate surface area is 170 Å². The summed E-state index contributed by atoms with van der Waals surface area (Å²) < 4.78 is 0. The predicted octanol–water partition coefficient (Wildman–Crippen LogP) is 2.53. The van der Waals surface area contributed by atoms with Crippen molar-refractivity contribution < 1.29 is 9.59 Å². The van der Waals surface area contributed by atoms with Crippen LogP contribution >= 0.6 is 0 Å². The molecule has 0 aliphatic carbocycles. The molecule has 1 aliphatic heterocycles. The van der Waals surface area contributed by atoms with Crippen LogP contribution in [0.3, 0.4) is 0 Å². The summed E-state index contributed by atoms with van der Waals surface area (Å²) in [4.78, 5) is 29.1. The second-order valence-electron chi connectivity index (χ2n) is 7.18. The van der Waals surface area contributed by atoms with Gasteiger partial charge in [0, 0.05) is 62.4 Å². The fourth-order valence-electron chi connectivity index (χ4n) is 3.52. The topological polar surface area (TPSA) is 102 Å². The van der Waals surface area contributed by atoms with E-state index in [9.17, 15) is 9.59 Å². The Morgan fingerprint density at radius 3 is 2.10 bits per heavy atom. The average Bonchev–Trinajstić information content (AvgIpc) is 2.73. The molecule has 1 saturated heterocycles. The summed E-state index contributed by atoms with van der Waals surface area (Å²) in [7, 11) is 1.77. The van der Waals surface area contributed by atoms with E-state index in [0.717, 1.165) is 40.1 Å². The van der Waals surface area contributed by atoms with E-state index in [1.54, 1.807) is 31.0 Å². The molecule has 1 aliphatic rings. The molecule has 0 radical (unpaired) electrons. The Morgan fingerprint density at radius 2 is 1.59 bits per heavy atom. The molecule has 0 bridgehead atoms. The predicted molar refractivity (Wildman–Crippen MR) is 116 cm³/mol. The molecule has 4 N–H and O–H groups in total. The van der Waals surface area contributed by atoms with Crippen molar-refractivity contribution in [1.29, 1.82) is 0 Å². The van der Waals surface area contributed by atoms with Crippen molar-refractivity contribution in [1.82, 2.24) is 4.90 Å². The van der Waals surface area contributed by atoms with Gasteiger partial charge in [0.1, 0.15) is 0 Å². The summed E-state index contributed by atoms with van der Waals surface area (Å²) in [5, 5.41) is 0. The Morgan fingerprint density at radius 1 is 1.00 bits per heavy atom. The van der Waals surface area contributed by atoms with Gasteiger partial charge in [0.2, 0.25) is 11.8 Å². The lowest BCUT2D eigenvalue weighted by Gasteiger charge is -2.30. The first kappa shape index (κ1) is 20.3. The van der Waals surface area contributed by atoms with E-state index in [0.29, 0.717) is 25.1 Å². The smallest absolute Gasteiger partial charge is 0.248 e. The molecule has 2 amide bonds. The first-order chi connectivity index (χ1) is 13.9. The van der Waals surface area contributed by atoms with Crippen molar-refractivity contribution in [2.24, 2.45) is 16.5 Å². The van der Waals surface area contributed by atoms with Crippen LogP contribution in [0.15, 0.2) is 64.8 Å². The number of hydrogen-bond donors (Lipinski definition) is 2. The fraction of sp³-hybridized carbons (Fsp3) is 0.261. The third kappa shape index (κ3) is 4.71. The monoisotopic (exact) mass is 390 g/mol. The molecule has 0 saturated carbocycles. The fourth-order valence-corrected chi connectivity index (χ4v) is 3.52. The zero-order chi connectivity index (χ0) is 21.0. The number of hydrogen-bond acceptors (Lipinski definition) is 4. The van der Waals surface area contributed by atoms with Gasteiger partial charge in [-0.1, -0.05) is 36.4 Å². The number of likely N-dealkylation sites (tertiary alicyclic amines) is 1. The van der Waals surface area contributed by atoms with Gasteiger partial charge in [-0.3, -0.25) is 14.6 Å².